The highest BCUT2D eigenvalue weighted by Crippen LogP contribution is 2.29. The average molecular weight is 564 g/mol. The molecule has 0 fully saturated rings. The highest BCUT2D eigenvalue weighted by Gasteiger charge is 2.13. The first-order valence-electron chi connectivity index (χ1n) is 8.54. The van der Waals surface area contributed by atoms with Gasteiger partial charge in [0.25, 0.3) is 5.56 Å². The van der Waals surface area contributed by atoms with Crippen molar-refractivity contribution in [2.24, 2.45) is 5.10 Å². The number of H-pyrrole nitrogens is 1. The summed E-state index contributed by atoms with van der Waals surface area (Å²) in [7, 11) is 0. The minimum absolute atomic E-state index is 0.0501. The molecule has 0 saturated heterocycles. The maximum absolute atomic E-state index is 12.3. The van der Waals surface area contributed by atoms with E-state index in [4.69, 9.17) is 4.74 Å². The second-order valence-electron chi connectivity index (χ2n) is 5.72. The summed E-state index contributed by atoms with van der Waals surface area (Å²) in [6, 6.07) is 14.8. The molecule has 2 N–H and O–H groups in total. The van der Waals surface area contributed by atoms with Crippen molar-refractivity contribution in [1.82, 2.24) is 9.97 Å². The van der Waals surface area contributed by atoms with Crippen LogP contribution in [0.2, 0.25) is 0 Å². The lowest BCUT2D eigenvalue weighted by atomic mass is 10.1. The molecule has 3 rings (SSSR count). The first kappa shape index (κ1) is 21.0. The van der Waals surface area contributed by atoms with E-state index < -0.39 is 5.56 Å². The van der Waals surface area contributed by atoms with Gasteiger partial charge in [0.1, 0.15) is 17.4 Å². The van der Waals surface area contributed by atoms with Gasteiger partial charge in [0.05, 0.1) is 22.1 Å². The largest absolute Gasteiger partial charge is 0.492 e. The van der Waals surface area contributed by atoms with Crippen LogP contribution in [0.25, 0.3) is 11.3 Å². The number of aromatic amines is 1. The lowest BCUT2D eigenvalue weighted by Crippen LogP contribution is -2.16. The molecule has 0 aliphatic rings. The van der Waals surface area contributed by atoms with Crippen LogP contribution in [-0.4, -0.2) is 22.8 Å². The van der Waals surface area contributed by atoms with Crippen molar-refractivity contribution < 1.29 is 4.74 Å². The zero-order valence-corrected chi connectivity index (χ0v) is 19.0. The van der Waals surface area contributed by atoms with Gasteiger partial charge in [-0.05, 0) is 41.6 Å². The molecule has 146 valence electrons. The number of hydrogen-bond acceptors (Lipinski definition) is 6. The Morgan fingerprint density at radius 3 is 2.83 bits per heavy atom. The molecule has 0 saturated carbocycles. The van der Waals surface area contributed by atoms with Crippen LogP contribution in [0.1, 0.15) is 18.1 Å². The molecule has 1 aromatic heterocycles. The normalized spacial score (nSPS) is 10.7. The van der Waals surface area contributed by atoms with Crippen molar-refractivity contribution in [2.75, 3.05) is 12.0 Å². The second kappa shape index (κ2) is 9.67. The summed E-state index contributed by atoms with van der Waals surface area (Å²) in [5, 5.41) is 13.5. The van der Waals surface area contributed by atoms with E-state index in [-0.39, 0.29) is 11.5 Å². The quantitative estimate of drug-likeness (QED) is 0.261. The summed E-state index contributed by atoms with van der Waals surface area (Å²) in [5.74, 6) is 0.847. The molecule has 0 spiro atoms. The van der Waals surface area contributed by atoms with E-state index >= 15 is 0 Å². The van der Waals surface area contributed by atoms with E-state index in [0.29, 0.717) is 23.6 Å². The molecule has 9 heteroatoms. The third-order valence-corrected chi connectivity index (χ3v) is 5.04. The Bertz CT molecular complexity index is 1160. The Morgan fingerprint density at radius 1 is 1.38 bits per heavy atom. The molecule has 0 unspecified atom stereocenters. The van der Waals surface area contributed by atoms with Crippen LogP contribution < -0.4 is 15.7 Å². The highest BCUT2D eigenvalue weighted by molar-refractivity contribution is 14.1. The Kier molecular flexibility index (Phi) is 7.00. The van der Waals surface area contributed by atoms with Gasteiger partial charge >= 0.3 is 0 Å². The van der Waals surface area contributed by atoms with Crippen molar-refractivity contribution in [3.8, 4) is 23.1 Å². The predicted octanol–water partition coefficient (Wildman–Crippen LogP) is 4.52. The minimum atomic E-state index is -0.536. The average Bonchev–Trinajstić information content (AvgIpc) is 2.70. The van der Waals surface area contributed by atoms with Gasteiger partial charge in [0.15, 0.2) is 0 Å². The van der Waals surface area contributed by atoms with Crippen LogP contribution in [0.15, 0.2) is 56.8 Å². The molecule has 0 radical (unpaired) electrons. The first-order valence-corrected chi connectivity index (χ1v) is 10.4. The fourth-order valence-electron chi connectivity index (χ4n) is 2.57. The number of nitrogens with one attached hydrogen (secondary N) is 2. The summed E-state index contributed by atoms with van der Waals surface area (Å²) < 4.78 is 7.53. The summed E-state index contributed by atoms with van der Waals surface area (Å²) >= 11 is 5.66. The van der Waals surface area contributed by atoms with Crippen LogP contribution in [0, 0.1) is 14.9 Å². The molecule has 0 amide bonds. The lowest BCUT2D eigenvalue weighted by molar-refractivity contribution is 0.337. The number of nitrogens with zero attached hydrogens (tertiary/aromatic N) is 3. The molecule has 0 aliphatic heterocycles. The molecule has 3 aromatic rings. The van der Waals surface area contributed by atoms with Gasteiger partial charge in [-0.2, -0.15) is 10.4 Å². The number of halogens is 2. The molecule has 0 aliphatic carbocycles. The number of benzene rings is 2. The van der Waals surface area contributed by atoms with E-state index in [0.717, 1.165) is 13.6 Å². The molecule has 0 bridgehead atoms. The molecule has 2 aromatic carbocycles. The van der Waals surface area contributed by atoms with Crippen LogP contribution in [-0.2, 0) is 0 Å². The van der Waals surface area contributed by atoms with Gasteiger partial charge in [-0.15, -0.1) is 0 Å². The number of aromatic nitrogens is 2. The lowest BCUT2D eigenvalue weighted by Gasteiger charge is -2.10. The minimum Gasteiger partial charge on any atom is -0.492 e. The van der Waals surface area contributed by atoms with Gasteiger partial charge in [0, 0.05) is 15.6 Å². The Morgan fingerprint density at radius 2 is 2.14 bits per heavy atom. The van der Waals surface area contributed by atoms with Gasteiger partial charge in [0.2, 0.25) is 5.95 Å². The van der Waals surface area contributed by atoms with Crippen molar-refractivity contribution in [3.63, 3.8) is 0 Å². The van der Waals surface area contributed by atoms with Crippen LogP contribution in [0.3, 0.4) is 0 Å². The number of nitriles is 1. The van der Waals surface area contributed by atoms with Gasteiger partial charge in [-0.3, -0.25) is 9.78 Å². The van der Waals surface area contributed by atoms with E-state index in [1.165, 1.54) is 0 Å². The van der Waals surface area contributed by atoms with Gasteiger partial charge in [-0.25, -0.2) is 10.4 Å². The summed E-state index contributed by atoms with van der Waals surface area (Å²) in [6.07, 6.45) is 1.58. The number of rotatable bonds is 6. The van der Waals surface area contributed by atoms with Crippen molar-refractivity contribution in [3.05, 3.63) is 72.0 Å². The smallest absolute Gasteiger partial charge is 0.270 e. The van der Waals surface area contributed by atoms with Crippen molar-refractivity contribution >= 4 is 50.7 Å². The Labute approximate surface area is 189 Å². The zero-order valence-electron chi connectivity index (χ0n) is 15.2. The third-order valence-electron chi connectivity index (χ3n) is 3.78. The first-order chi connectivity index (χ1) is 14.0. The van der Waals surface area contributed by atoms with Crippen LogP contribution >= 0.6 is 38.5 Å². The standard InChI is InChI=1S/C20H15BrIN5O2/c1-2-29-18-13(8-14(21)9-16(18)22)11-24-27-20-25-17(12-6-4-3-5-7-12)15(10-23)19(28)26-20/h3-9,11H,2H2,1H3,(H2,25,26,27,28). The second-order valence-corrected chi connectivity index (χ2v) is 7.80. The zero-order chi connectivity index (χ0) is 20.8. The molecule has 7 nitrogen and oxygen atoms in total. The number of anilines is 1. The van der Waals surface area contributed by atoms with E-state index in [1.54, 1.807) is 18.3 Å². The van der Waals surface area contributed by atoms with E-state index in [2.05, 4.69) is 59.0 Å². The SMILES string of the molecule is CCOc1c(I)cc(Br)cc1C=NNc1nc(-c2ccccc2)c(C#N)c(=O)[nH]1. The molecular formula is C20H15BrIN5O2. The van der Waals surface area contributed by atoms with Crippen LogP contribution in [0.4, 0.5) is 5.95 Å². The number of hydrazone groups is 1. The molecular weight excluding hydrogens is 549 g/mol. The third kappa shape index (κ3) is 5.02. The maximum Gasteiger partial charge on any atom is 0.270 e. The fraction of sp³-hybridized carbons (Fsp3) is 0.100. The van der Waals surface area contributed by atoms with Gasteiger partial charge < -0.3 is 4.74 Å². The van der Waals surface area contributed by atoms with Crippen LogP contribution in [0.5, 0.6) is 5.75 Å². The van der Waals surface area contributed by atoms with E-state index in [1.807, 2.05) is 43.3 Å². The van der Waals surface area contributed by atoms with Crippen molar-refractivity contribution in [2.45, 2.75) is 6.92 Å². The Hall–Kier alpha value is -2.71. The summed E-state index contributed by atoms with van der Waals surface area (Å²) in [6.45, 7) is 2.44. The summed E-state index contributed by atoms with van der Waals surface area (Å²) in [4.78, 5) is 19.2. The van der Waals surface area contributed by atoms with Crippen molar-refractivity contribution in [1.29, 1.82) is 5.26 Å². The molecule has 29 heavy (non-hydrogen) atoms. The number of hydrogen-bond donors (Lipinski definition) is 2. The topological polar surface area (TPSA) is 103 Å². The van der Waals surface area contributed by atoms with Gasteiger partial charge in [-0.1, -0.05) is 46.3 Å². The molecule has 0 atom stereocenters. The molecule has 1 heterocycles. The predicted molar refractivity (Wildman–Crippen MR) is 124 cm³/mol. The highest BCUT2D eigenvalue weighted by atomic mass is 127. The maximum atomic E-state index is 12.3. The summed E-state index contributed by atoms with van der Waals surface area (Å²) in [5.41, 5.74) is 3.86. The van der Waals surface area contributed by atoms with E-state index in [9.17, 15) is 10.1 Å². The Balaban J connectivity index is 1.94. The monoisotopic (exact) mass is 563 g/mol. The fourth-order valence-corrected chi connectivity index (χ4v) is 4.28. The number of ether oxygens (including phenoxy) is 1.